The first-order valence-electron chi connectivity index (χ1n) is 9.36. The van der Waals surface area contributed by atoms with E-state index < -0.39 is 0 Å². The molecule has 3 nitrogen and oxygen atoms in total. The van der Waals surface area contributed by atoms with E-state index in [1.54, 1.807) is 0 Å². The molecule has 1 aromatic heterocycles. The number of hydrogen-bond donors (Lipinski definition) is 1. The number of amides is 1. The van der Waals surface area contributed by atoms with E-state index >= 15 is 0 Å². The van der Waals surface area contributed by atoms with Gasteiger partial charge in [-0.05, 0) is 42.7 Å². The van der Waals surface area contributed by atoms with Crippen LogP contribution in [0.4, 0.5) is 0 Å². The second-order valence-corrected chi connectivity index (χ2v) is 7.98. The zero-order chi connectivity index (χ0) is 17.3. The summed E-state index contributed by atoms with van der Waals surface area (Å²) in [5.74, 6) is 1.46. The van der Waals surface area contributed by atoms with Gasteiger partial charge in [-0.3, -0.25) is 4.79 Å². The Hall–Kier alpha value is -1.77. The van der Waals surface area contributed by atoms with Crippen LogP contribution in [0.1, 0.15) is 64.3 Å². The molecule has 0 radical (unpaired) electrons. The summed E-state index contributed by atoms with van der Waals surface area (Å²) in [6.07, 6.45) is 3.62. The zero-order valence-corrected chi connectivity index (χ0v) is 15.4. The van der Waals surface area contributed by atoms with Gasteiger partial charge in [0.15, 0.2) is 0 Å². The number of hydrogen-bond acceptors (Lipinski definition) is 1. The summed E-state index contributed by atoms with van der Waals surface area (Å²) < 4.78 is 0. The molecule has 0 aliphatic carbocycles. The molecule has 1 N–H and O–H groups in total. The second kappa shape index (κ2) is 7.00. The van der Waals surface area contributed by atoms with Crippen molar-refractivity contribution in [3.05, 3.63) is 35.5 Å². The molecule has 24 heavy (non-hydrogen) atoms. The van der Waals surface area contributed by atoms with Gasteiger partial charge in [0.25, 0.3) is 0 Å². The summed E-state index contributed by atoms with van der Waals surface area (Å²) >= 11 is 0. The molecule has 2 heterocycles. The average molecular weight is 326 g/mol. The lowest BCUT2D eigenvalue weighted by Gasteiger charge is -2.37. The highest BCUT2D eigenvalue weighted by atomic mass is 16.2. The number of para-hydroxylation sites is 1. The third-order valence-electron chi connectivity index (χ3n) is 5.11. The van der Waals surface area contributed by atoms with Crippen molar-refractivity contribution in [3.63, 3.8) is 0 Å². The molecule has 130 valence electrons. The van der Waals surface area contributed by atoms with E-state index in [9.17, 15) is 4.79 Å². The van der Waals surface area contributed by atoms with E-state index in [0.29, 0.717) is 24.2 Å². The number of nitrogens with zero attached hydrogens (tertiary/aromatic N) is 1. The van der Waals surface area contributed by atoms with Gasteiger partial charge >= 0.3 is 0 Å². The SMILES string of the molecule is CC(C)CCC(=O)N1CCc2c([nH]c3ccccc23)C1CC(C)C. The minimum absolute atomic E-state index is 0.195. The molecule has 1 aliphatic rings. The lowest BCUT2D eigenvalue weighted by atomic mass is 9.91. The Balaban J connectivity index is 1.93. The Morgan fingerprint density at radius 2 is 1.96 bits per heavy atom. The van der Waals surface area contributed by atoms with Crippen molar-refractivity contribution in [3.8, 4) is 0 Å². The molecule has 1 aromatic carbocycles. The van der Waals surface area contributed by atoms with Crippen molar-refractivity contribution < 1.29 is 4.79 Å². The number of aromatic nitrogens is 1. The minimum atomic E-state index is 0.195. The van der Waals surface area contributed by atoms with Crippen LogP contribution < -0.4 is 0 Å². The fourth-order valence-electron chi connectivity index (χ4n) is 3.86. The third-order valence-corrected chi connectivity index (χ3v) is 5.11. The predicted octanol–water partition coefficient (Wildman–Crippen LogP) is 5.08. The Labute approximate surface area is 145 Å². The lowest BCUT2D eigenvalue weighted by molar-refractivity contribution is -0.134. The maximum atomic E-state index is 12.8. The first-order valence-corrected chi connectivity index (χ1v) is 9.36. The lowest BCUT2D eigenvalue weighted by Crippen LogP contribution is -2.40. The van der Waals surface area contributed by atoms with Crippen molar-refractivity contribution in [1.29, 1.82) is 0 Å². The van der Waals surface area contributed by atoms with Crippen molar-refractivity contribution in [2.75, 3.05) is 6.54 Å². The molecule has 1 amide bonds. The summed E-state index contributed by atoms with van der Waals surface area (Å²) in [6.45, 7) is 9.71. The van der Waals surface area contributed by atoms with Gasteiger partial charge in [0, 0.05) is 29.6 Å². The van der Waals surface area contributed by atoms with Crippen LogP contribution in [0.15, 0.2) is 24.3 Å². The number of carbonyl (C=O) groups excluding carboxylic acids is 1. The minimum Gasteiger partial charge on any atom is -0.356 e. The van der Waals surface area contributed by atoms with Gasteiger partial charge in [-0.2, -0.15) is 0 Å². The summed E-state index contributed by atoms with van der Waals surface area (Å²) in [7, 11) is 0. The Kier molecular flexibility index (Phi) is 4.98. The molecular formula is C21H30N2O. The van der Waals surface area contributed by atoms with Crippen LogP contribution in [-0.4, -0.2) is 22.3 Å². The molecule has 2 aromatic rings. The maximum absolute atomic E-state index is 12.8. The Morgan fingerprint density at radius 3 is 2.67 bits per heavy atom. The van der Waals surface area contributed by atoms with Crippen molar-refractivity contribution >= 4 is 16.8 Å². The highest BCUT2D eigenvalue weighted by Gasteiger charge is 2.33. The van der Waals surface area contributed by atoms with Crippen LogP contribution in [0.5, 0.6) is 0 Å². The monoisotopic (exact) mass is 326 g/mol. The van der Waals surface area contributed by atoms with Crippen LogP contribution in [0.25, 0.3) is 10.9 Å². The van der Waals surface area contributed by atoms with E-state index in [-0.39, 0.29) is 6.04 Å². The second-order valence-electron chi connectivity index (χ2n) is 7.98. The van der Waals surface area contributed by atoms with Gasteiger partial charge < -0.3 is 9.88 Å². The van der Waals surface area contributed by atoms with Crippen molar-refractivity contribution in [1.82, 2.24) is 9.88 Å². The molecule has 0 spiro atoms. The highest BCUT2D eigenvalue weighted by molar-refractivity contribution is 5.86. The molecule has 0 saturated heterocycles. The standard InChI is InChI=1S/C21H30N2O/c1-14(2)9-10-20(24)23-12-11-17-16-7-5-6-8-18(16)22-21(17)19(23)13-15(3)4/h5-8,14-15,19,22H,9-13H2,1-4H3. The summed E-state index contributed by atoms with van der Waals surface area (Å²) in [6, 6.07) is 8.72. The number of H-pyrrole nitrogens is 1. The van der Waals surface area contributed by atoms with E-state index in [1.807, 2.05) is 0 Å². The fraction of sp³-hybridized carbons (Fsp3) is 0.571. The Bertz CT molecular complexity index is 714. The molecular weight excluding hydrogens is 296 g/mol. The summed E-state index contributed by atoms with van der Waals surface area (Å²) in [5.41, 5.74) is 3.89. The molecule has 1 aliphatic heterocycles. The summed E-state index contributed by atoms with van der Waals surface area (Å²) in [5, 5.41) is 1.33. The van der Waals surface area contributed by atoms with Crippen LogP contribution in [0.3, 0.4) is 0 Å². The van der Waals surface area contributed by atoms with Crippen molar-refractivity contribution in [2.45, 2.75) is 59.4 Å². The van der Waals surface area contributed by atoms with Gasteiger partial charge in [0.05, 0.1) is 6.04 Å². The van der Waals surface area contributed by atoms with Gasteiger partial charge in [0.1, 0.15) is 0 Å². The molecule has 3 rings (SSSR count). The maximum Gasteiger partial charge on any atom is 0.223 e. The number of carbonyl (C=O) groups is 1. The third kappa shape index (κ3) is 3.35. The quantitative estimate of drug-likeness (QED) is 0.817. The molecule has 1 unspecified atom stereocenters. The predicted molar refractivity (Wildman–Crippen MR) is 100.0 cm³/mol. The first kappa shape index (κ1) is 17.1. The van der Waals surface area contributed by atoms with Crippen LogP contribution in [0, 0.1) is 11.8 Å². The molecule has 0 saturated carbocycles. The molecule has 1 atom stereocenters. The topological polar surface area (TPSA) is 36.1 Å². The first-order chi connectivity index (χ1) is 11.5. The zero-order valence-electron chi connectivity index (χ0n) is 15.4. The number of rotatable bonds is 5. The van der Waals surface area contributed by atoms with E-state index in [1.165, 1.54) is 22.2 Å². The van der Waals surface area contributed by atoms with Crippen molar-refractivity contribution in [2.24, 2.45) is 11.8 Å². The molecule has 3 heteroatoms. The van der Waals surface area contributed by atoms with E-state index in [2.05, 4.69) is 61.8 Å². The van der Waals surface area contributed by atoms with Gasteiger partial charge in [0.2, 0.25) is 5.91 Å². The van der Waals surface area contributed by atoms with E-state index in [0.717, 1.165) is 25.8 Å². The normalized spacial score (nSPS) is 17.8. The van der Waals surface area contributed by atoms with Gasteiger partial charge in [-0.25, -0.2) is 0 Å². The van der Waals surface area contributed by atoms with Crippen LogP contribution >= 0.6 is 0 Å². The number of aromatic amines is 1. The molecule has 0 fully saturated rings. The van der Waals surface area contributed by atoms with Crippen LogP contribution in [-0.2, 0) is 11.2 Å². The average Bonchev–Trinajstić information content (AvgIpc) is 2.91. The largest absolute Gasteiger partial charge is 0.356 e. The number of nitrogens with one attached hydrogen (secondary N) is 1. The number of fused-ring (bicyclic) bond motifs is 3. The highest BCUT2D eigenvalue weighted by Crippen LogP contribution is 2.38. The van der Waals surface area contributed by atoms with Crippen LogP contribution in [0.2, 0.25) is 0 Å². The fourth-order valence-corrected chi connectivity index (χ4v) is 3.86. The molecule has 0 bridgehead atoms. The van der Waals surface area contributed by atoms with Gasteiger partial charge in [-0.1, -0.05) is 45.9 Å². The smallest absolute Gasteiger partial charge is 0.223 e. The summed E-state index contributed by atoms with van der Waals surface area (Å²) in [4.78, 5) is 18.6. The van der Waals surface area contributed by atoms with Gasteiger partial charge in [-0.15, -0.1) is 0 Å². The number of benzene rings is 1. The Morgan fingerprint density at radius 1 is 1.21 bits per heavy atom. The van der Waals surface area contributed by atoms with E-state index in [4.69, 9.17) is 0 Å².